The molecule has 0 amide bonds. The van der Waals surface area contributed by atoms with Gasteiger partial charge in [0.1, 0.15) is 6.61 Å². The van der Waals surface area contributed by atoms with Gasteiger partial charge in [-0.15, -0.1) is 0 Å². The Hall–Kier alpha value is -0.570. The van der Waals surface area contributed by atoms with Crippen molar-refractivity contribution >= 4 is 5.97 Å². The summed E-state index contributed by atoms with van der Waals surface area (Å²) in [6.07, 6.45) is 4.69. The highest BCUT2D eigenvalue weighted by molar-refractivity contribution is 5.70. The lowest BCUT2D eigenvalue weighted by Crippen LogP contribution is -2.19. The van der Waals surface area contributed by atoms with Gasteiger partial charge in [-0.3, -0.25) is 0 Å². The van der Waals surface area contributed by atoms with E-state index in [2.05, 4.69) is 13.8 Å². The number of unbranched alkanes of at least 4 members (excludes halogenated alkanes) is 1. The van der Waals surface area contributed by atoms with Crippen LogP contribution < -0.4 is 0 Å². The van der Waals surface area contributed by atoms with Crippen molar-refractivity contribution in [2.75, 3.05) is 13.2 Å². The Morgan fingerprint density at radius 2 is 1.94 bits per heavy atom. The quantitative estimate of drug-likeness (QED) is 0.571. The van der Waals surface area contributed by atoms with Gasteiger partial charge in [0, 0.05) is 0 Å². The van der Waals surface area contributed by atoms with Crippen LogP contribution in [0.4, 0.5) is 0 Å². The summed E-state index contributed by atoms with van der Waals surface area (Å²) >= 11 is 0. The summed E-state index contributed by atoms with van der Waals surface area (Å²) in [4.78, 5) is 11.2. The zero-order valence-corrected chi connectivity index (χ0v) is 11.1. The molecule has 0 rings (SSSR count). The van der Waals surface area contributed by atoms with Gasteiger partial charge in [-0.25, -0.2) is 4.79 Å². The molecule has 0 aromatic heterocycles. The predicted molar refractivity (Wildman–Crippen MR) is 65.4 cm³/mol. The predicted octanol–water partition coefficient (Wildman–Crippen LogP) is 3.17. The molecule has 0 saturated carbocycles. The van der Waals surface area contributed by atoms with E-state index in [1.54, 1.807) is 0 Å². The number of rotatable bonds is 9. The maximum Gasteiger partial charge on any atom is 0.332 e. The smallest absolute Gasteiger partial charge is 0.332 e. The molecular formula is C13H26O3. The third-order valence-corrected chi connectivity index (χ3v) is 2.48. The first kappa shape index (κ1) is 15.4. The van der Waals surface area contributed by atoms with E-state index in [-0.39, 0.29) is 18.7 Å². The standard InChI is InChI=1S/C13H26O3/c1-5-7-8-12(6-2)9-15-10-13(14)16-11(3)4/h11-12H,5-10H2,1-4H3. The van der Waals surface area contributed by atoms with Crippen molar-refractivity contribution in [3.8, 4) is 0 Å². The van der Waals surface area contributed by atoms with Crippen molar-refractivity contribution < 1.29 is 14.3 Å². The summed E-state index contributed by atoms with van der Waals surface area (Å²) in [6.45, 7) is 8.79. The molecule has 0 saturated heterocycles. The molecule has 1 unspecified atom stereocenters. The van der Waals surface area contributed by atoms with Gasteiger partial charge in [0.15, 0.2) is 0 Å². The number of hydrogen-bond donors (Lipinski definition) is 0. The first-order valence-electron chi connectivity index (χ1n) is 6.37. The second-order valence-corrected chi connectivity index (χ2v) is 4.47. The molecule has 0 aromatic carbocycles. The Morgan fingerprint density at radius 3 is 2.44 bits per heavy atom. The van der Waals surface area contributed by atoms with Crippen molar-refractivity contribution in [3.05, 3.63) is 0 Å². The number of esters is 1. The van der Waals surface area contributed by atoms with Crippen LogP contribution in [0.3, 0.4) is 0 Å². The van der Waals surface area contributed by atoms with Gasteiger partial charge < -0.3 is 9.47 Å². The molecule has 0 bridgehead atoms. The zero-order valence-electron chi connectivity index (χ0n) is 11.1. The summed E-state index contributed by atoms with van der Waals surface area (Å²) in [5.74, 6) is 0.312. The van der Waals surface area contributed by atoms with Crippen LogP contribution in [0, 0.1) is 5.92 Å². The highest BCUT2D eigenvalue weighted by Crippen LogP contribution is 2.12. The van der Waals surface area contributed by atoms with Crippen LogP contribution in [0.25, 0.3) is 0 Å². The normalized spacial score (nSPS) is 12.8. The second kappa shape index (κ2) is 9.64. The number of ether oxygens (including phenoxy) is 2. The fourth-order valence-electron chi connectivity index (χ4n) is 1.50. The van der Waals surface area contributed by atoms with Crippen molar-refractivity contribution in [1.29, 1.82) is 0 Å². The highest BCUT2D eigenvalue weighted by atomic mass is 16.6. The fraction of sp³-hybridized carbons (Fsp3) is 0.923. The molecule has 0 aromatic rings. The fourth-order valence-corrected chi connectivity index (χ4v) is 1.50. The molecule has 0 fully saturated rings. The molecule has 3 nitrogen and oxygen atoms in total. The van der Waals surface area contributed by atoms with E-state index in [4.69, 9.17) is 9.47 Å². The molecule has 0 spiro atoms. The summed E-state index contributed by atoms with van der Waals surface area (Å²) < 4.78 is 10.4. The monoisotopic (exact) mass is 230 g/mol. The Morgan fingerprint density at radius 1 is 1.25 bits per heavy atom. The number of carbonyl (C=O) groups is 1. The first-order chi connectivity index (χ1) is 7.60. The molecule has 0 aliphatic heterocycles. The largest absolute Gasteiger partial charge is 0.461 e. The molecule has 1 atom stereocenters. The van der Waals surface area contributed by atoms with Gasteiger partial charge in [0.05, 0.1) is 12.7 Å². The maximum absolute atomic E-state index is 11.2. The molecule has 0 N–H and O–H groups in total. The van der Waals surface area contributed by atoms with Gasteiger partial charge in [0.25, 0.3) is 0 Å². The van der Waals surface area contributed by atoms with E-state index in [1.165, 1.54) is 19.3 Å². The minimum Gasteiger partial charge on any atom is -0.461 e. The number of hydrogen-bond acceptors (Lipinski definition) is 3. The van der Waals surface area contributed by atoms with Crippen LogP contribution in [0.15, 0.2) is 0 Å². The highest BCUT2D eigenvalue weighted by Gasteiger charge is 2.09. The maximum atomic E-state index is 11.2. The van der Waals surface area contributed by atoms with E-state index < -0.39 is 0 Å². The summed E-state index contributed by atoms with van der Waals surface area (Å²) in [7, 11) is 0. The van der Waals surface area contributed by atoms with Crippen molar-refractivity contribution in [2.24, 2.45) is 5.92 Å². The Balaban J connectivity index is 3.57. The van der Waals surface area contributed by atoms with Crippen molar-refractivity contribution in [2.45, 2.75) is 59.5 Å². The van der Waals surface area contributed by atoms with E-state index >= 15 is 0 Å². The average Bonchev–Trinajstić information content (AvgIpc) is 2.22. The zero-order chi connectivity index (χ0) is 12.4. The average molecular weight is 230 g/mol. The van der Waals surface area contributed by atoms with Crippen LogP contribution in [0.2, 0.25) is 0 Å². The Bertz CT molecular complexity index is 178. The molecule has 96 valence electrons. The Labute approximate surface area is 99.5 Å². The van der Waals surface area contributed by atoms with Gasteiger partial charge in [-0.2, -0.15) is 0 Å². The van der Waals surface area contributed by atoms with Crippen LogP contribution >= 0.6 is 0 Å². The molecular weight excluding hydrogens is 204 g/mol. The number of carbonyl (C=O) groups excluding carboxylic acids is 1. The Kier molecular flexibility index (Phi) is 9.30. The van der Waals surface area contributed by atoms with Gasteiger partial charge in [-0.05, 0) is 26.2 Å². The van der Waals surface area contributed by atoms with Crippen LogP contribution in [-0.2, 0) is 14.3 Å². The summed E-state index contributed by atoms with van der Waals surface area (Å²) in [5, 5.41) is 0. The van der Waals surface area contributed by atoms with Crippen LogP contribution in [0.1, 0.15) is 53.4 Å². The van der Waals surface area contributed by atoms with E-state index in [1.807, 2.05) is 13.8 Å². The molecule has 0 aliphatic rings. The van der Waals surface area contributed by atoms with Crippen molar-refractivity contribution in [1.82, 2.24) is 0 Å². The molecule has 0 aliphatic carbocycles. The van der Waals surface area contributed by atoms with Gasteiger partial charge >= 0.3 is 5.97 Å². The first-order valence-corrected chi connectivity index (χ1v) is 6.37. The lowest BCUT2D eigenvalue weighted by Gasteiger charge is -2.14. The van der Waals surface area contributed by atoms with Crippen LogP contribution in [0.5, 0.6) is 0 Å². The minimum atomic E-state index is -0.264. The SMILES string of the molecule is CCCCC(CC)COCC(=O)OC(C)C. The van der Waals surface area contributed by atoms with Gasteiger partial charge in [-0.1, -0.05) is 33.1 Å². The third-order valence-electron chi connectivity index (χ3n) is 2.48. The lowest BCUT2D eigenvalue weighted by molar-refractivity contribution is -0.153. The van der Waals surface area contributed by atoms with Gasteiger partial charge in [0.2, 0.25) is 0 Å². The van der Waals surface area contributed by atoms with E-state index in [0.29, 0.717) is 12.5 Å². The van der Waals surface area contributed by atoms with E-state index in [9.17, 15) is 4.79 Å². The summed E-state index contributed by atoms with van der Waals surface area (Å²) in [6, 6.07) is 0. The topological polar surface area (TPSA) is 35.5 Å². The minimum absolute atomic E-state index is 0.0573. The van der Waals surface area contributed by atoms with E-state index in [0.717, 1.165) is 6.42 Å². The van der Waals surface area contributed by atoms with Crippen molar-refractivity contribution in [3.63, 3.8) is 0 Å². The lowest BCUT2D eigenvalue weighted by atomic mass is 10.0. The summed E-state index contributed by atoms with van der Waals surface area (Å²) in [5.41, 5.74) is 0. The molecule has 3 heteroatoms. The van der Waals surface area contributed by atoms with Crippen LogP contribution in [-0.4, -0.2) is 25.3 Å². The second-order valence-electron chi connectivity index (χ2n) is 4.47. The molecule has 16 heavy (non-hydrogen) atoms. The molecule has 0 radical (unpaired) electrons. The third kappa shape index (κ3) is 8.72. The molecule has 0 heterocycles.